The summed E-state index contributed by atoms with van der Waals surface area (Å²) >= 11 is 0. The van der Waals surface area contributed by atoms with E-state index in [9.17, 15) is 8.42 Å². The van der Waals surface area contributed by atoms with Crippen LogP contribution in [0.15, 0.2) is 42.5 Å². The Morgan fingerprint density at radius 1 is 1.13 bits per heavy atom. The first kappa shape index (κ1) is 15.9. The molecule has 2 aromatic rings. The fraction of sp³-hybridized carbons (Fsp3) is 0.375. The summed E-state index contributed by atoms with van der Waals surface area (Å²) in [5, 5.41) is 8.52. The van der Waals surface area contributed by atoms with E-state index in [4.69, 9.17) is 0 Å². The largest absolute Gasteiger partial charge is 0.352 e. The molecule has 0 atom stereocenters. The van der Waals surface area contributed by atoms with Crippen molar-refractivity contribution in [2.45, 2.75) is 13.0 Å². The highest BCUT2D eigenvalue weighted by molar-refractivity contribution is 7.89. The van der Waals surface area contributed by atoms with Gasteiger partial charge < -0.3 is 4.90 Å². The number of rotatable bonds is 5. The first-order valence-corrected chi connectivity index (χ1v) is 9.22. The molecule has 0 bridgehead atoms. The lowest BCUT2D eigenvalue weighted by molar-refractivity contribution is 0.309. The van der Waals surface area contributed by atoms with E-state index in [1.807, 2.05) is 47.4 Å². The summed E-state index contributed by atoms with van der Waals surface area (Å²) in [5.74, 6) is 0.911. The van der Waals surface area contributed by atoms with E-state index < -0.39 is 10.0 Å². The third kappa shape index (κ3) is 3.20. The second-order valence-electron chi connectivity index (χ2n) is 5.62. The molecular weight excluding hydrogens is 312 g/mol. The molecule has 1 saturated heterocycles. The lowest BCUT2D eigenvalue weighted by Crippen LogP contribution is -2.60. The zero-order chi connectivity index (χ0) is 16.4. The van der Waals surface area contributed by atoms with E-state index in [2.05, 4.69) is 10.2 Å². The van der Waals surface area contributed by atoms with Gasteiger partial charge in [0.15, 0.2) is 5.82 Å². The van der Waals surface area contributed by atoms with Crippen LogP contribution >= 0.6 is 0 Å². The normalized spacial score (nSPS) is 15.7. The number of hydrogen-bond acceptors (Lipinski definition) is 5. The van der Waals surface area contributed by atoms with Crippen LogP contribution in [0, 0.1) is 0 Å². The predicted octanol–water partition coefficient (Wildman–Crippen LogP) is 1.61. The first-order valence-electron chi connectivity index (χ1n) is 7.61. The first-order chi connectivity index (χ1) is 11.0. The summed E-state index contributed by atoms with van der Waals surface area (Å²) < 4.78 is 25.2. The fourth-order valence-corrected chi connectivity index (χ4v) is 3.55. The van der Waals surface area contributed by atoms with Gasteiger partial charge in [-0.2, -0.15) is 4.31 Å². The Morgan fingerprint density at radius 2 is 1.83 bits per heavy atom. The quantitative estimate of drug-likeness (QED) is 0.832. The van der Waals surface area contributed by atoms with Crippen LogP contribution in [-0.2, 0) is 10.0 Å². The fourth-order valence-electron chi connectivity index (χ4n) is 2.56. The summed E-state index contributed by atoms with van der Waals surface area (Å²) in [6.45, 7) is 2.96. The van der Waals surface area contributed by atoms with Crippen LogP contribution in [0.2, 0.25) is 0 Å². The Labute approximate surface area is 136 Å². The second-order valence-corrected chi connectivity index (χ2v) is 7.94. The molecule has 1 aromatic heterocycles. The maximum absolute atomic E-state index is 11.9. The molecule has 1 aliphatic heterocycles. The van der Waals surface area contributed by atoms with Crippen LogP contribution in [0.3, 0.4) is 0 Å². The summed E-state index contributed by atoms with van der Waals surface area (Å²) in [7, 11) is -1.49. The molecular formula is C16H20N4O2S. The minimum Gasteiger partial charge on any atom is -0.352 e. The number of hydrogen-bond donors (Lipinski definition) is 0. The lowest BCUT2D eigenvalue weighted by Gasteiger charge is -2.43. The average molecular weight is 332 g/mol. The van der Waals surface area contributed by atoms with Gasteiger partial charge in [0.2, 0.25) is 10.0 Å². The standard InChI is InChI=1S/C16H20N4O2S/c1-3-23(21,22)19(2)14-11-20(12-14)16-10-9-15(17-18-16)13-7-5-4-6-8-13/h4-10,14H,3,11-12H2,1-2H3. The molecule has 0 spiro atoms. The minimum atomic E-state index is -3.14. The Kier molecular flexibility index (Phi) is 4.32. The van der Waals surface area contributed by atoms with Gasteiger partial charge in [0.05, 0.1) is 17.5 Å². The summed E-state index contributed by atoms with van der Waals surface area (Å²) in [5.41, 5.74) is 1.86. The molecule has 0 radical (unpaired) electrons. The van der Waals surface area contributed by atoms with Gasteiger partial charge in [-0.3, -0.25) is 0 Å². The number of sulfonamides is 1. The van der Waals surface area contributed by atoms with Crippen molar-refractivity contribution >= 4 is 15.8 Å². The minimum absolute atomic E-state index is 0.00977. The molecule has 0 aliphatic carbocycles. The van der Waals surface area contributed by atoms with E-state index in [1.165, 1.54) is 4.31 Å². The summed E-state index contributed by atoms with van der Waals surface area (Å²) in [6, 6.07) is 13.8. The lowest BCUT2D eigenvalue weighted by atomic mass is 10.1. The van der Waals surface area contributed by atoms with Crippen molar-refractivity contribution in [2.75, 3.05) is 30.8 Å². The maximum atomic E-state index is 11.9. The molecule has 7 heteroatoms. The Balaban J connectivity index is 1.65. The summed E-state index contributed by atoms with van der Waals surface area (Å²) in [4.78, 5) is 2.04. The van der Waals surface area contributed by atoms with Crippen LogP contribution in [0.1, 0.15) is 6.92 Å². The molecule has 23 heavy (non-hydrogen) atoms. The topological polar surface area (TPSA) is 66.4 Å². The molecule has 1 aliphatic rings. The van der Waals surface area contributed by atoms with Gasteiger partial charge >= 0.3 is 0 Å². The highest BCUT2D eigenvalue weighted by Crippen LogP contribution is 2.24. The van der Waals surface area contributed by atoms with Crippen molar-refractivity contribution in [2.24, 2.45) is 0 Å². The SMILES string of the molecule is CCS(=O)(=O)N(C)C1CN(c2ccc(-c3ccccc3)nn2)C1. The van der Waals surface area contributed by atoms with E-state index in [-0.39, 0.29) is 11.8 Å². The molecule has 0 N–H and O–H groups in total. The van der Waals surface area contributed by atoms with E-state index in [0.717, 1.165) is 17.1 Å². The van der Waals surface area contributed by atoms with Gasteiger partial charge in [-0.1, -0.05) is 30.3 Å². The number of nitrogens with zero attached hydrogens (tertiary/aromatic N) is 4. The van der Waals surface area contributed by atoms with Gasteiger partial charge in [0, 0.05) is 25.7 Å². The Morgan fingerprint density at radius 3 is 2.39 bits per heavy atom. The molecule has 1 aromatic carbocycles. The van der Waals surface area contributed by atoms with Crippen LogP contribution in [0.4, 0.5) is 5.82 Å². The Bertz CT molecular complexity index is 756. The molecule has 2 heterocycles. The molecule has 3 rings (SSSR count). The molecule has 1 fully saturated rings. The van der Waals surface area contributed by atoms with Crippen molar-refractivity contribution < 1.29 is 8.42 Å². The van der Waals surface area contributed by atoms with Gasteiger partial charge in [-0.25, -0.2) is 8.42 Å². The highest BCUT2D eigenvalue weighted by Gasteiger charge is 2.35. The van der Waals surface area contributed by atoms with Crippen molar-refractivity contribution in [1.29, 1.82) is 0 Å². The Hall–Kier alpha value is -1.99. The van der Waals surface area contributed by atoms with Crippen molar-refractivity contribution in [1.82, 2.24) is 14.5 Å². The molecule has 0 amide bonds. The maximum Gasteiger partial charge on any atom is 0.213 e. The van der Waals surface area contributed by atoms with Crippen molar-refractivity contribution in [3.8, 4) is 11.3 Å². The molecule has 0 saturated carbocycles. The third-order valence-electron chi connectivity index (χ3n) is 4.22. The zero-order valence-electron chi connectivity index (χ0n) is 13.3. The van der Waals surface area contributed by atoms with Crippen LogP contribution in [0.5, 0.6) is 0 Å². The zero-order valence-corrected chi connectivity index (χ0v) is 14.1. The van der Waals surface area contributed by atoms with Crippen LogP contribution in [-0.4, -0.2) is 54.9 Å². The number of anilines is 1. The van der Waals surface area contributed by atoms with E-state index in [1.54, 1.807) is 14.0 Å². The summed E-state index contributed by atoms with van der Waals surface area (Å²) in [6.07, 6.45) is 0. The number of benzene rings is 1. The third-order valence-corrected chi connectivity index (χ3v) is 6.13. The smallest absolute Gasteiger partial charge is 0.213 e. The number of likely N-dealkylation sites (N-methyl/N-ethyl adjacent to an activating group) is 1. The van der Waals surface area contributed by atoms with Crippen LogP contribution in [0.25, 0.3) is 11.3 Å². The highest BCUT2D eigenvalue weighted by atomic mass is 32.2. The predicted molar refractivity (Wildman–Crippen MR) is 90.7 cm³/mol. The number of aromatic nitrogens is 2. The molecule has 122 valence electrons. The van der Waals surface area contributed by atoms with E-state index in [0.29, 0.717) is 13.1 Å². The van der Waals surface area contributed by atoms with Gasteiger partial charge in [-0.15, -0.1) is 10.2 Å². The van der Waals surface area contributed by atoms with Crippen LogP contribution < -0.4 is 4.90 Å². The van der Waals surface area contributed by atoms with Gasteiger partial charge in [-0.05, 0) is 19.1 Å². The second kappa shape index (κ2) is 6.25. The average Bonchev–Trinajstić information content (AvgIpc) is 2.55. The monoisotopic (exact) mass is 332 g/mol. The molecule has 6 nitrogen and oxygen atoms in total. The van der Waals surface area contributed by atoms with Crippen molar-refractivity contribution in [3.63, 3.8) is 0 Å². The van der Waals surface area contributed by atoms with E-state index >= 15 is 0 Å². The van der Waals surface area contributed by atoms with Gasteiger partial charge in [0.25, 0.3) is 0 Å². The molecule has 0 unspecified atom stereocenters. The van der Waals surface area contributed by atoms with Crippen molar-refractivity contribution in [3.05, 3.63) is 42.5 Å². The van der Waals surface area contributed by atoms with Gasteiger partial charge in [0.1, 0.15) is 0 Å².